The van der Waals surface area contributed by atoms with Crippen LogP contribution in [-0.2, 0) is 4.79 Å². The van der Waals surface area contributed by atoms with Crippen LogP contribution in [0.1, 0.15) is 30.3 Å². The van der Waals surface area contributed by atoms with E-state index >= 15 is 0 Å². The van der Waals surface area contributed by atoms with Crippen LogP contribution in [0, 0.1) is 5.82 Å². The van der Waals surface area contributed by atoms with E-state index < -0.39 is 17.8 Å². The summed E-state index contributed by atoms with van der Waals surface area (Å²) in [6, 6.07) is 9.02. The number of hydrogen-bond acceptors (Lipinski definition) is 9. The van der Waals surface area contributed by atoms with Gasteiger partial charge in [-0.05, 0) is 62.0 Å². The number of furan rings is 1. The summed E-state index contributed by atoms with van der Waals surface area (Å²) in [7, 11) is 0. The Kier molecular flexibility index (Phi) is 8.87. The summed E-state index contributed by atoms with van der Waals surface area (Å²) in [5.74, 6) is 0.145. The number of ether oxygens (including phenoxy) is 1. The van der Waals surface area contributed by atoms with Crippen LogP contribution in [0.4, 0.5) is 4.39 Å². The molecular weight excluding hydrogens is 537 g/mol. The zero-order chi connectivity index (χ0) is 27.9. The number of thiophene rings is 1. The number of nitrogens with one attached hydrogen (secondary N) is 1. The zero-order valence-electron chi connectivity index (χ0n) is 22.0. The van der Waals surface area contributed by atoms with E-state index in [1.165, 1.54) is 23.7 Å². The minimum atomic E-state index is -0.646. The molecule has 210 valence electrons. The van der Waals surface area contributed by atoms with Gasteiger partial charge in [-0.2, -0.15) is 16.3 Å². The Labute approximate surface area is 234 Å². The fourth-order valence-electron chi connectivity index (χ4n) is 4.51. The number of carbonyl (C=O) groups excluding carboxylic acids is 2. The Hall–Kier alpha value is -4.03. The van der Waals surface area contributed by atoms with Crippen LogP contribution in [0.3, 0.4) is 0 Å². The van der Waals surface area contributed by atoms with Crippen molar-refractivity contribution >= 4 is 23.2 Å². The first kappa shape index (κ1) is 27.5. The van der Waals surface area contributed by atoms with Crippen molar-refractivity contribution < 1.29 is 27.7 Å². The smallest absolute Gasteiger partial charge is 0.287 e. The molecule has 1 aromatic carbocycles. The molecule has 3 aromatic heterocycles. The quantitative estimate of drug-likeness (QED) is 0.282. The minimum absolute atomic E-state index is 0.112. The van der Waals surface area contributed by atoms with Gasteiger partial charge in [-0.25, -0.2) is 4.39 Å². The van der Waals surface area contributed by atoms with Crippen molar-refractivity contribution in [3.63, 3.8) is 0 Å². The topological polar surface area (TPSA) is 114 Å². The molecule has 12 heteroatoms. The van der Waals surface area contributed by atoms with Gasteiger partial charge in [0.15, 0.2) is 5.76 Å². The van der Waals surface area contributed by atoms with Gasteiger partial charge in [-0.1, -0.05) is 5.16 Å². The van der Waals surface area contributed by atoms with Gasteiger partial charge >= 0.3 is 0 Å². The molecule has 1 aliphatic rings. The van der Waals surface area contributed by atoms with Gasteiger partial charge < -0.3 is 28.8 Å². The molecule has 1 saturated heterocycles. The lowest BCUT2D eigenvalue weighted by Crippen LogP contribution is -2.48. The van der Waals surface area contributed by atoms with Crippen LogP contribution < -0.4 is 10.1 Å². The van der Waals surface area contributed by atoms with Crippen LogP contribution in [0.2, 0.25) is 0 Å². The van der Waals surface area contributed by atoms with Crippen LogP contribution in [0.5, 0.6) is 5.75 Å². The number of aromatic nitrogens is 2. The van der Waals surface area contributed by atoms with Gasteiger partial charge in [-0.3, -0.25) is 9.59 Å². The van der Waals surface area contributed by atoms with E-state index in [4.69, 9.17) is 13.7 Å². The second kappa shape index (κ2) is 12.9. The fourth-order valence-corrected chi connectivity index (χ4v) is 5.14. The molecule has 2 amide bonds. The van der Waals surface area contributed by atoms with Crippen molar-refractivity contribution in [1.82, 2.24) is 25.3 Å². The SMILES string of the molecule is C[C@@H](NC(=O)c1ccco1)C(=O)N1CCCN(CCCOc2ccc(-c3noc(-c4ccsc4)n3)c(F)c2)CC1. The lowest BCUT2D eigenvalue weighted by molar-refractivity contribution is -0.132. The number of rotatable bonds is 10. The average molecular weight is 568 g/mol. The van der Waals surface area contributed by atoms with E-state index in [-0.39, 0.29) is 23.1 Å². The van der Waals surface area contributed by atoms with Crippen molar-refractivity contribution in [2.75, 3.05) is 39.3 Å². The highest BCUT2D eigenvalue weighted by Crippen LogP contribution is 2.27. The Morgan fingerprint density at radius 1 is 1.20 bits per heavy atom. The third kappa shape index (κ3) is 6.75. The van der Waals surface area contributed by atoms with Gasteiger partial charge in [0.1, 0.15) is 17.6 Å². The molecule has 0 unspecified atom stereocenters. The zero-order valence-corrected chi connectivity index (χ0v) is 22.9. The van der Waals surface area contributed by atoms with Gasteiger partial charge in [0.25, 0.3) is 11.8 Å². The average Bonchev–Trinajstić information content (AvgIpc) is 3.73. The van der Waals surface area contributed by atoms with E-state index in [0.29, 0.717) is 31.3 Å². The molecule has 4 aromatic rings. The summed E-state index contributed by atoms with van der Waals surface area (Å²) >= 11 is 1.52. The van der Waals surface area contributed by atoms with Gasteiger partial charge in [-0.15, -0.1) is 0 Å². The van der Waals surface area contributed by atoms with Crippen LogP contribution in [-0.4, -0.2) is 77.1 Å². The maximum Gasteiger partial charge on any atom is 0.287 e. The second-order valence-electron chi connectivity index (χ2n) is 9.47. The highest BCUT2D eigenvalue weighted by atomic mass is 32.1. The summed E-state index contributed by atoms with van der Waals surface area (Å²) in [6.07, 6.45) is 3.01. The van der Waals surface area contributed by atoms with Crippen molar-refractivity contribution in [3.8, 4) is 28.6 Å². The molecule has 5 rings (SSSR count). The largest absolute Gasteiger partial charge is 0.493 e. The Balaban J connectivity index is 1.04. The molecule has 1 N–H and O–H groups in total. The molecule has 0 saturated carbocycles. The van der Waals surface area contributed by atoms with E-state index in [0.717, 1.165) is 38.0 Å². The predicted octanol–water partition coefficient (Wildman–Crippen LogP) is 4.32. The maximum absolute atomic E-state index is 14.8. The third-order valence-electron chi connectivity index (χ3n) is 6.63. The van der Waals surface area contributed by atoms with Gasteiger partial charge in [0, 0.05) is 37.6 Å². The molecule has 1 atom stereocenters. The van der Waals surface area contributed by atoms with Crippen molar-refractivity contribution in [2.45, 2.75) is 25.8 Å². The lowest BCUT2D eigenvalue weighted by atomic mass is 10.2. The normalized spacial score (nSPS) is 15.0. The predicted molar refractivity (Wildman–Crippen MR) is 146 cm³/mol. The monoisotopic (exact) mass is 567 g/mol. The molecule has 10 nitrogen and oxygen atoms in total. The highest BCUT2D eigenvalue weighted by molar-refractivity contribution is 7.08. The lowest BCUT2D eigenvalue weighted by Gasteiger charge is -2.25. The van der Waals surface area contributed by atoms with Crippen molar-refractivity contribution in [3.05, 3.63) is 65.0 Å². The van der Waals surface area contributed by atoms with E-state index in [1.807, 2.05) is 16.8 Å². The van der Waals surface area contributed by atoms with Crippen LogP contribution in [0.25, 0.3) is 22.8 Å². The van der Waals surface area contributed by atoms with Crippen molar-refractivity contribution in [1.29, 1.82) is 0 Å². The maximum atomic E-state index is 14.8. The minimum Gasteiger partial charge on any atom is -0.493 e. The van der Waals surface area contributed by atoms with E-state index in [9.17, 15) is 14.0 Å². The number of amides is 2. The summed E-state index contributed by atoms with van der Waals surface area (Å²) in [5.41, 5.74) is 1.05. The number of halogens is 1. The first-order valence-electron chi connectivity index (χ1n) is 13.1. The molecule has 4 heterocycles. The summed E-state index contributed by atoms with van der Waals surface area (Å²) in [5, 5.41) is 10.4. The standard InChI is InChI=1S/C28H30FN5O5S/c1-19(30-26(35)24-5-2-14-38-24)28(36)34-11-3-9-33(12-13-34)10-4-15-37-21-6-7-22(23(29)17-21)25-31-27(39-32-25)20-8-16-40-18-20/h2,5-8,14,16-19H,3-4,9-13,15H2,1H3,(H,30,35)/t19-/m1/s1. The highest BCUT2D eigenvalue weighted by Gasteiger charge is 2.25. The Morgan fingerprint density at radius 3 is 2.88 bits per heavy atom. The molecule has 0 aliphatic carbocycles. The molecule has 0 bridgehead atoms. The first-order valence-corrected chi connectivity index (χ1v) is 14.1. The summed E-state index contributed by atoms with van der Waals surface area (Å²) in [6.45, 7) is 5.71. The number of nitrogens with zero attached hydrogens (tertiary/aromatic N) is 4. The summed E-state index contributed by atoms with van der Waals surface area (Å²) in [4.78, 5) is 33.4. The molecule has 1 fully saturated rings. The molecule has 40 heavy (non-hydrogen) atoms. The molecular formula is C28H30FN5O5S. The third-order valence-corrected chi connectivity index (χ3v) is 7.31. The fraction of sp³-hybridized carbons (Fsp3) is 0.357. The van der Waals surface area contributed by atoms with Gasteiger partial charge in [0.05, 0.1) is 24.0 Å². The Morgan fingerprint density at radius 2 is 2.10 bits per heavy atom. The van der Waals surface area contributed by atoms with E-state index in [2.05, 4.69) is 20.4 Å². The Bertz CT molecular complexity index is 1410. The van der Waals surface area contributed by atoms with Crippen molar-refractivity contribution in [2.24, 2.45) is 0 Å². The van der Waals surface area contributed by atoms with Gasteiger partial charge in [0.2, 0.25) is 11.7 Å². The number of carbonyl (C=O) groups is 2. The molecule has 0 spiro atoms. The number of benzene rings is 1. The van der Waals surface area contributed by atoms with Crippen LogP contribution >= 0.6 is 11.3 Å². The second-order valence-corrected chi connectivity index (χ2v) is 10.3. The number of hydrogen-bond donors (Lipinski definition) is 1. The molecule has 0 radical (unpaired) electrons. The molecule has 1 aliphatic heterocycles. The summed E-state index contributed by atoms with van der Waals surface area (Å²) < 4.78 is 30.9. The van der Waals surface area contributed by atoms with Crippen LogP contribution in [0.15, 0.2) is 62.4 Å². The van der Waals surface area contributed by atoms with E-state index in [1.54, 1.807) is 36.1 Å². The first-order chi connectivity index (χ1) is 19.5.